The Morgan fingerprint density at radius 1 is 1.23 bits per heavy atom. The molecule has 1 heterocycles. The summed E-state index contributed by atoms with van der Waals surface area (Å²) in [5.74, 6) is 0.229. The van der Waals surface area contributed by atoms with Gasteiger partial charge in [0, 0.05) is 28.1 Å². The number of aromatic nitrogens is 2. The van der Waals surface area contributed by atoms with Gasteiger partial charge in [-0.3, -0.25) is 0 Å². The molecule has 0 aliphatic rings. The molecular weight excluding hydrogens is 348 g/mol. The van der Waals surface area contributed by atoms with Gasteiger partial charge >= 0.3 is 4.60 Å². The molecule has 1 aromatic heterocycles. The second kappa shape index (κ2) is 6.19. The van der Waals surface area contributed by atoms with Crippen molar-refractivity contribution in [3.63, 3.8) is 0 Å². The van der Waals surface area contributed by atoms with E-state index in [2.05, 4.69) is 44.8 Å². The molecule has 0 N–H and O–H groups in total. The molecule has 0 amide bonds. The molecular formula is C16H13BrN2O3. The fourth-order valence-corrected chi connectivity index (χ4v) is 2.39. The summed E-state index contributed by atoms with van der Waals surface area (Å²) in [6.45, 7) is 2.56. The normalized spacial score (nSPS) is 10.6. The molecule has 3 rings (SSSR count). The third-order valence-corrected chi connectivity index (χ3v) is 3.79. The van der Waals surface area contributed by atoms with Crippen molar-refractivity contribution in [2.24, 2.45) is 0 Å². The summed E-state index contributed by atoms with van der Waals surface area (Å²) < 4.78 is 12.0. The first kappa shape index (κ1) is 14.6. The summed E-state index contributed by atoms with van der Waals surface area (Å²) in [4.78, 5) is 0. The van der Waals surface area contributed by atoms with E-state index in [0.29, 0.717) is 12.3 Å². The molecule has 0 spiro atoms. The molecule has 0 radical (unpaired) electrons. The highest BCUT2D eigenvalue weighted by molar-refractivity contribution is 9.10. The standard InChI is InChI=1S/C16H13BrN2O3/c1-11-3-2-4-12(9-11)10-21-14-7-5-13(6-8-14)19-15(17)16(20)22-18-19/h2-9H,10H2,1H3. The minimum atomic E-state index is -0.514. The number of aryl methyl sites for hydroxylation is 1. The molecule has 22 heavy (non-hydrogen) atoms. The van der Waals surface area contributed by atoms with E-state index >= 15 is 0 Å². The van der Waals surface area contributed by atoms with Gasteiger partial charge in [0.05, 0.1) is 5.27 Å². The van der Waals surface area contributed by atoms with E-state index < -0.39 is 5.95 Å². The number of rotatable bonds is 4. The Labute approximate surface area is 135 Å². The Morgan fingerprint density at radius 3 is 2.64 bits per heavy atom. The smallest absolute Gasteiger partial charge is 0.305 e. The van der Waals surface area contributed by atoms with Gasteiger partial charge in [-0.05, 0) is 29.3 Å². The highest BCUT2D eigenvalue weighted by atomic mass is 79.9. The molecule has 2 aromatic carbocycles. The van der Waals surface area contributed by atoms with Crippen LogP contribution in [0.2, 0.25) is 0 Å². The third-order valence-electron chi connectivity index (χ3n) is 3.13. The Balaban J connectivity index is 1.70. The van der Waals surface area contributed by atoms with Crippen LogP contribution in [0.4, 0.5) is 0 Å². The molecule has 0 fully saturated rings. The molecule has 0 saturated carbocycles. The van der Waals surface area contributed by atoms with Gasteiger partial charge in [0.15, 0.2) is 5.95 Å². The van der Waals surface area contributed by atoms with Crippen molar-refractivity contribution < 1.29 is 19.0 Å². The molecule has 0 bridgehead atoms. The van der Waals surface area contributed by atoms with Gasteiger partial charge in [0.25, 0.3) is 0 Å². The van der Waals surface area contributed by atoms with E-state index in [1.54, 1.807) is 12.1 Å². The summed E-state index contributed by atoms with van der Waals surface area (Å²) >= 11 is 3.14. The Morgan fingerprint density at radius 2 is 2.00 bits per heavy atom. The summed E-state index contributed by atoms with van der Waals surface area (Å²) in [5.41, 5.74) is 3.03. The first-order chi connectivity index (χ1) is 10.6. The lowest BCUT2D eigenvalue weighted by molar-refractivity contribution is -0.680. The number of hydrogen-bond donors (Lipinski definition) is 0. The lowest BCUT2D eigenvalue weighted by Crippen LogP contribution is -2.33. The Bertz CT molecular complexity index is 784. The van der Waals surface area contributed by atoms with Crippen LogP contribution in [0, 0.1) is 6.92 Å². The van der Waals surface area contributed by atoms with Gasteiger partial charge < -0.3 is 14.4 Å². The fourth-order valence-electron chi connectivity index (χ4n) is 2.05. The number of hydrogen-bond acceptors (Lipinski definition) is 4. The molecule has 3 aromatic rings. The van der Waals surface area contributed by atoms with Gasteiger partial charge in [-0.15, -0.1) is 0 Å². The van der Waals surface area contributed by atoms with Crippen LogP contribution < -0.4 is 14.5 Å². The van der Waals surface area contributed by atoms with Gasteiger partial charge in [0.2, 0.25) is 5.69 Å². The van der Waals surface area contributed by atoms with E-state index in [-0.39, 0.29) is 4.60 Å². The first-order valence-electron chi connectivity index (χ1n) is 6.67. The molecule has 0 unspecified atom stereocenters. The molecule has 0 aliphatic heterocycles. The van der Waals surface area contributed by atoms with Crippen LogP contribution in [0.15, 0.2) is 57.7 Å². The molecule has 0 atom stereocenters. The SMILES string of the molecule is Cc1cccc(COc2ccc(-[n+]3noc([O-])c3Br)cc2)c1. The monoisotopic (exact) mass is 360 g/mol. The van der Waals surface area contributed by atoms with Gasteiger partial charge in [-0.1, -0.05) is 29.8 Å². The molecule has 0 aliphatic carbocycles. The van der Waals surface area contributed by atoms with Crippen molar-refractivity contribution in [1.82, 2.24) is 5.27 Å². The van der Waals surface area contributed by atoms with Crippen molar-refractivity contribution in [1.29, 1.82) is 0 Å². The lowest BCUT2D eigenvalue weighted by Gasteiger charge is -2.06. The highest BCUT2D eigenvalue weighted by Gasteiger charge is 2.17. The summed E-state index contributed by atoms with van der Waals surface area (Å²) in [6, 6.07) is 15.4. The van der Waals surface area contributed by atoms with E-state index in [1.165, 1.54) is 10.2 Å². The quantitative estimate of drug-likeness (QED) is 0.671. The van der Waals surface area contributed by atoms with E-state index in [0.717, 1.165) is 11.3 Å². The van der Waals surface area contributed by atoms with E-state index in [1.807, 2.05) is 24.3 Å². The van der Waals surface area contributed by atoms with Crippen molar-refractivity contribution in [2.45, 2.75) is 13.5 Å². The number of halogens is 1. The predicted molar refractivity (Wildman–Crippen MR) is 80.7 cm³/mol. The maximum atomic E-state index is 11.2. The second-order valence-corrected chi connectivity index (χ2v) is 5.59. The summed E-state index contributed by atoms with van der Waals surface area (Å²) in [7, 11) is 0. The molecule has 0 saturated heterocycles. The number of benzene rings is 2. The average Bonchev–Trinajstić information content (AvgIpc) is 2.86. The third kappa shape index (κ3) is 3.12. The minimum absolute atomic E-state index is 0.251. The van der Waals surface area contributed by atoms with Crippen LogP contribution in [-0.2, 0) is 6.61 Å². The van der Waals surface area contributed by atoms with Crippen LogP contribution in [0.3, 0.4) is 0 Å². The van der Waals surface area contributed by atoms with Crippen LogP contribution >= 0.6 is 15.9 Å². The molecule has 5 nitrogen and oxygen atoms in total. The van der Waals surface area contributed by atoms with Gasteiger partial charge in [-0.2, -0.15) is 0 Å². The predicted octanol–water partition coefficient (Wildman–Crippen LogP) is 2.67. The largest absolute Gasteiger partial charge is 0.538 e. The van der Waals surface area contributed by atoms with E-state index in [9.17, 15) is 5.11 Å². The van der Waals surface area contributed by atoms with Crippen LogP contribution in [0.5, 0.6) is 11.7 Å². The number of ether oxygens (including phenoxy) is 1. The zero-order valence-corrected chi connectivity index (χ0v) is 13.4. The maximum Gasteiger partial charge on any atom is 0.305 e. The van der Waals surface area contributed by atoms with Crippen molar-refractivity contribution in [2.75, 3.05) is 0 Å². The Hall–Kier alpha value is -2.34. The maximum absolute atomic E-state index is 11.2. The van der Waals surface area contributed by atoms with Gasteiger partial charge in [-0.25, -0.2) is 0 Å². The van der Waals surface area contributed by atoms with Gasteiger partial charge in [0.1, 0.15) is 12.4 Å². The highest BCUT2D eigenvalue weighted by Crippen LogP contribution is 2.19. The zero-order chi connectivity index (χ0) is 15.5. The zero-order valence-electron chi connectivity index (χ0n) is 11.8. The van der Waals surface area contributed by atoms with Crippen LogP contribution in [-0.4, -0.2) is 5.27 Å². The van der Waals surface area contributed by atoms with Crippen LogP contribution in [0.1, 0.15) is 11.1 Å². The fraction of sp³-hybridized carbons (Fsp3) is 0.125. The first-order valence-corrected chi connectivity index (χ1v) is 7.46. The van der Waals surface area contributed by atoms with E-state index in [4.69, 9.17) is 4.74 Å². The number of nitrogens with zero attached hydrogens (tertiary/aromatic N) is 2. The summed E-state index contributed by atoms with van der Waals surface area (Å²) in [5, 5.41) is 14.9. The molecule has 112 valence electrons. The average molecular weight is 361 g/mol. The van der Waals surface area contributed by atoms with Crippen LogP contribution in [0.25, 0.3) is 5.69 Å². The lowest BCUT2D eigenvalue weighted by atomic mass is 10.1. The van der Waals surface area contributed by atoms with Crippen molar-refractivity contribution in [3.8, 4) is 17.4 Å². The molecule has 6 heteroatoms. The van der Waals surface area contributed by atoms with Crippen molar-refractivity contribution in [3.05, 3.63) is 64.3 Å². The van der Waals surface area contributed by atoms with Crippen molar-refractivity contribution >= 4 is 15.9 Å². The minimum Gasteiger partial charge on any atom is -0.538 e. The summed E-state index contributed by atoms with van der Waals surface area (Å²) in [6.07, 6.45) is 0. The second-order valence-electron chi connectivity index (χ2n) is 4.83. The Kier molecular flexibility index (Phi) is 4.11. The topological polar surface area (TPSA) is 62.2 Å².